The molecule has 0 fully saturated rings. The molecular weight excluding hydrogens is 236 g/mol. The van der Waals surface area contributed by atoms with Crippen LogP contribution in [-0.4, -0.2) is 39.6 Å². The Labute approximate surface area is 118 Å². The SMILES string of the molecule is CCCCNc1nccn1CCN(C(C)C)C(C)C. The number of nitrogens with zero attached hydrogens (tertiary/aromatic N) is 3. The van der Waals surface area contributed by atoms with E-state index >= 15 is 0 Å². The van der Waals surface area contributed by atoms with Crippen molar-refractivity contribution in [2.75, 3.05) is 18.4 Å². The Balaban J connectivity index is 2.50. The van der Waals surface area contributed by atoms with Gasteiger partial charge in [0.05, 0.1) is 0 Å². The van der Waals surface area contributed by atoms with E-state index in [9.17, 15) is 0 Å². The molecule has 0 saturated heterocycles. The molecule has 0 saturated carbocycles. The second kappa shape index (κ2) is 8.20. The summed E-state index contributed by atoms with van der Waals surface area (Å²) in [6.45, 7) is 14.3. The summed E-state index contributed by atoms with van der Waals surface area (Å²) in [6, 6.07) is 1.17. The van der Waals surface area contributed by atoms with Gasteiger partial charge in [-0.2, -0.15) is 0 Å². The maximum atomic E-state index is 4.39. The molecule has 4 heteroatoms. The van der Waals surface area contributed by atoms with Crippen LogP contribution in [0, 0.1) is 0 Å². The Morgan fingerprint density at radius 2 is 1.95 bits per heavy atom. The molecular formula is C15H30N4. The first-order valence-electron chi connectivity index (χ1n) is 7.57. The minimum absolute atomic E-state index is 0.583. The number of imidazole rings is 1. The lowest BCUT2D eigenvalue weighted by Gasteiger charge is -2.30. The van der Waals surface area contributed by atoms with Crippen molar-refractivity contribution in [1.82, 2.24) is 14.5 Å². The van der Waals surface area contributed by atoms with Crippen LogP contribution in [0.4, 0.5) is 5.95 Å². The molecule has 0 aliphatic heterocycles. The van der Waals surface area contributed by atoms with E-state index in [1.165, 1.54) is 12.8 Å². The minimum Gasteiger partial charge on any atom is -0.356 e. The third-order valence-corrected chi connectivity index (χ3v) is 3.45. The maximum Gasteiger partial charge on any atom is 0.202 e. The molecule has 1 N–H and O–H groups in total. The van der Waals surface area contributed by atoms with Crippen LogP contribution in [0.25, 0.3) is 0 Å². The Hall–Kier alpha value is -1.03. The summed E-state index contributed by atoms with van der Waals surface area (Å²) in [5, 5.41) is 3.41. The van der Waals surface area contributed by atoms with Crippen LogP contribution in [0.5, 0.6) is 0 Å². The van der Waals surface area contributed by atoms with Crippen LogP contribution in [-0.2, 0) is 6.54 Å². The number of hydrogen-bond acceptors (Lipinski definition) is 3. The summed E-state index contributed by atoms with van der Waals surface area (Å²) in [5.41, 5.74) is 0. The molecule has 0 radical (unpaired) electrons. The highest BCUT2D eigenvalue weighted by molar-refractivity contribution is 5.25. The molecule has 19 heavy (non-hydrogen) atoms. The fourth-order valence-electron chi connectivity index (χ4n) is 2.37. The van der Waals surface area contributed by atoms with Crippen molar-refractivity contribution >= 4 is 5.95 Å². The largest absolute Gasteiger partial charge is 0.356 e. The van der Waals surface area contributed by atoms with Gasteiger partial charge in [-0.1, -0.05) is 13.3 Å². The van der Waals surface area contributed by atoms with Gasteiger partial charge in [-0.05, 0) is 34.1 Å². The fraction of sp³-hybridized carbons (Fsp3) is 0.800. The molecule has 1 aromatic heterocycles. The quantitative estimate of drug-likeness (QED) is 0.697. The predicted octanol–water partition coefficient (Wildman–Crippen LogP) is 3.21. The van der Waals surface area contributed by atoms with Crippen LogP contribution in [0.2, 0.25) is 0 Å². The van der Waals surface area contributed by atoms with Gasteiger partial charge in [0.25, 0.3) is 0 Å². The first-order chi connectivity index (χ1) is 9.06. The van der Waals surface area contributed by atoms with Crippen molar-refractivity contribution < 1.29 is 0 Å². The topological polar surface area (TPSA) is 33.1 Å². The highest BCUT2D eigenvalue weighted by Crippen LogP contribution is 2.09. The molecule has 0 aliphatic rings. The van der Waals surface area contributed by atoms with E-state index in [0.717, 1.165) is 25.6 Å². The van der Waals surface area contributed by atoms with E-state index in [1.807, 2.05) is 6.20 Å². The molecule has 0 bridgehead atoms. The molecule has 1 heterocycles. The highest BCUT2D eigenvalue weighted by atomic mass is 15.2. The monoisotopic (exact) mass is 266 g/mol. The van der Waals surface area contributed by atoms with E-state index in [2.05, 4.69) is 60.6 Å². The van der Waals surface area contributed by atoms with Crippen molar-refractivity contribution in [3.05, 3.63) is 12.4 Å². The zero-order valence-corrected chi connectivity index (χ0v) is 13.2. The molecule has 0 unspecified atom stereocenters. The van der Waals surface area contributed by atoms with E-state index in [4.69, 9.17) is 0 Å². The van der Waals surface area contributed by atoms with Gasteiger partial charge in [0.2, 0.25) is 5.95 Å². The van der Waals surface area contributed by atoms with Crippen LogP contribution < -0.4 is 5.32 Å². The Kier molecular flexibility index (Phi) is 6.92. The summed E-state index contributed by atoms with van der Waals surface area (Å²) in [6.07, 6.45) is 6.34. The van der Waals surface area contributed by atoms with E-state index < -0.39 is 0 Å². The van der Waals surface area contributed by atoms with Gasteiger partial charge in [0.1, 0.15) is 0 Å². The molecule has 0 aliphatic carbocycles. The number of rotatable bonds is 9. The van der Waals surface area contributed by atoms with E-state index in [1.54, 1.807) is 0 Å². The molecule has 4 nitrogen and oxygen atoms in total. The number of anilines is 1. The minimum atomic E-state index is 0.583. The standard InChI is InChI=1S/C15H30N4/c1-6-7-8-16-15-17-9-10-18(15)11-12-19(13(2)3)14(4)5/h9-10,13-14H,6-8,11-12H2,1-5H3,(H,16,17). The number of unbranched alkanes of at least 4 members (excludes halogenated alkanes) is 1. The smallest absolute Gasteiger partial charge is 0.202 e. The number of nitrogens with one attached hydrogen (secondary N) is 1. The van der Waals surface area contributed by atoms with Crippen LogP contribution in [0.3, 0.4) is 0 Å². The molecule has 0 aromatic carbocycles. The summed E-state index contributed by atoms with van der Waals surface area (Å²) in [5.74, 6) is 1.00. The normalized spacial score (nSPS) is 11.8. The average molecular weight is 266 g/mol. The van der Waals surface area contributed by atoms with Gasteiger partial charge in [-0.25, -0.2) is 4.98 Å². The lowest BCUT2D eigenvalue weighted by atomic mass is 10.2. The third kappa shape index (κ3) is 5.23. The van der Waals surface area contributed by atoms with Gasteiger partial charge in [-0.3, -0.25) is 4.90 Å². The molecule has 110 valence electrons. The fourth-order valence-corrected chi connectivity index (χ4v) is 2.37. The van der Waals surface area contributed by atoms with Crippen LogP contribution in [0.15, 0.2) is 12.4 Å². The van der Waals surface area contributed by atoms with Crippen molar-refractivity contribution in [3.8, 4) is 0 Å². The van der Waals surface area contributed by atoms with Crippen LogP contribution in [0.1, 0.15) is 47.5 Å². The highest BCUT2D eigenvalue weighted by Gasteiger charge is 2.13. The Bertz CT molecular complexity index is 336. The summed E-state index contributed by atoms with van der Waals surface area (Å²) < 4.78 is 2.22. The van der Waals surface area contributed by atoms with E-state index in [-0.39, 0.29) is 0 Å². The second-order valence-corrected chi connectivity index (χ2v) is 5.65. The molecule has 1 rings (SSSR count). The lowest BCUT2D eigenvalue weighted by Crippen LogP contribution is -2.39. The zero-order chi connectivity index (χ0) is 14.3. The van der Waals surface area contributed by atoms with Gasteiger partial charge < -0.3 is 9.88 Å². The summed E-state index contributed by atoms with van der Waals surface area (Å²) >= 11 is 0. The zero-order valence-electron chi connectivity index (χ0n) is 13.2. The summed E-state index contributed by atoms with van der Waals surface area (Å²) in [4.78, 5) is 6.90. The average Bonchev–Trinajstić information content (AvgIpc) is 2.76. The lowest BCUT2D eigenvalue weighted by molar-refractivity contribution is 0.168. The van der Waals surface area contributed by atoms with Crippen molar-refractivity contribution in [3.63, 3.8) is 0 Å². The predicted molar refractivity (Wildman–Crippen MR) is 82.6 cm³/mol. The Morgan fingerprint density at radius 1 is 1.26 bits per heavy atom. The summed E-state index contributed by atoms with van der Waals surface area (Å²) in [7, 11) is 0. The second-order valence-electron chi connectivity index (χ2n) is 5.65. The van der Waals surface area contributed by atoms with Gasteiger partial charge >= 0.3 is 0 Å². The first kappa shape index (κ1) is 16.0. The van der Waals surface area contributed by atoms with Gasteiger partial charge in [0.15, 0.2) is 0 Å². The van der Waals surface area contributed by atoms with Crippen molar-refractivity contribution in [2.45, 2.75) is 66.1 Å². The van der Waals surface area contributed by atoms with E-state index in [0.29, 0.717) is 12.1 Å². The third-order valence-electron chi connectivity index (χ3n) is 3.45. The van der Waals surface area contributed by atoms with Gasteiger partial charge in [0, 0.05) is 44.1 Å². The Morgan fingerprint density at radius 3 is 2.53 bits per heavy atom. The first-order valence-corrected chi connectivity index (χ1v) is 7.57. The maximum absolute atomic E-state index is 4.39. The molecule has 0 spiro atoms. The molecule has 0 atom stereocenters. The van der Waals surface area contributed by atoms with Gasteiger partial charge in [-0.15, -0.1) is 0 Å². The number of aromatic nitrogens is 2. The van der Waals surface area contributed by atoms with Crippen molar-refractivity contribution in [2.24, 2.45) is 0 Å². The molecule has 0 amide bonds. The number of hydrogen-bond donors (Lipinski definition) is 1. The van der Waals surface area contributed by atoms with Crippen molar-refractivity contribution in [1.29, 1.82) is 0 Å². The molecule has 1 aromatic rings. The van der Waals surface area contributed by atoms with Crippen LogP contribution >= 0.6 is 0 Å².